The number of rotatable bonds is 6. The fourth-order valence-corrected chi connectivity index (χ4v) is 2.84. The molecular formula is C16H25N3O3. The van der Waals surface area contributed by atoms with Crippen LogP contribution >= 0.6 is 0 Å². The second-order valence-electron chi connectivity index (χ2n) is 6.75. The van der Waals surface area contributed by atoms with E-state index in [-0.39, 0.29) is 12.0 Å². The Labute approximate surface area is 131 Å². The topological polar surface area (TPSA) is 67.6 Å². The Balaban J connectivity index is 1.45. The maximum Gasteiger partial charge on any atom is 0.273 e. The lowest BCUT2D eigenvalue weighted by atomic mass is 10.2. The molecule has 3 rings (SSSR count). The molecule has 6 heteroatoms. The van der Waals surface area contributed by atoms with Gasteiger partial charge in [-0.15, -0.1) is 0 Å². The van der Waals surface area contributed by atoms with Gasteiger partial charge in [0.2, 0.25) is 0 Å². The van der Waals surface area contributed by atoms with Crippen LogP contribution in [0, 0.1) is 5.92 Å². The standard InChI is InChI=1S/C16H25N3O3/c1-11(2)9-19-5-6-21-13(10-19)8-17-16(20)14-7-15(22-18-14)12-3-4-12/h7,11-13H,3-6,8-10H2,1-2H3,(H,17,20). The maximum absolute atomic E-state index is 12.1. The van der Waals surface area contributed by atoms with Crippen LogP contribution in [0.1, 0.15) is 48.9 Å². The molecule has 122 valence electrons. The van der Waals surface area contributed by atoms with Gasteiger partial charge in [-0.3, -0.25) is 9.69 Å². The number of nitrogens with one attached hydrogen (secondary N) is 1. The van der Waals surface area contributed by atoms with Crippen LogP contribution in [0.2, 0.25) is 0 Å². The number of hydrogen-bond acceptors (Lipinski definition) is 5. The number of ether oxygens (including phenoxy) is 1. The van der Waals surface area contributed by atoms with Crippen molar-refractivity contribution in [2.75, 3.05) is 32.8 Å². The minimum Gasteiger partial charge on any atom is -0.374 e. The summed E-state index contributed by atoms with van der Waals surface area (Å²) in [7, 11) is 0. The molecule has 2 fully saturated rings. The molecule has 2 aliphatic rings. The normalized spacial score (nSPS) is 23.0. The van der Waals surface area contributed by atoms with E-state index in [0.717, 1.165) is 44.8 Å². The van der Waals surface area contributed by atoms with E-state index in [4.69, 9.17) is 9.26 Å². The molecule has 6 nitrogen and oxygen atoms in total. The largest absolute Gasteiger partial charge is 0.374 e. The van der Waals surface area contributed by atoms with Crippen molar-refractivity contribution in [2.45, 2.75) is 38.7 Å². The van der Waals surface area contributed by atoms with E-state index in [1.54, 1.807) is 6.07 Å². The number of aromatic nitrogens is 1. The summed E-state index contributed by atoms with van der Waals surface area (Å²) in [5, 5.41) is 6.76. The predicted molar refractivity (Wildman–Crippen MR) is 81.8 cm³/mol. The lowest BCUT2D eigenvalue weighted by Gasteiger charge is -2.33. The average Bonchev–Trinajstić information content (AvgIpc) is 3.22. The zero-order chi connectivity index (χ0) is 15.5. The Hall–Kier alpha value is -1.40. The molecular weight excluding hydrogens is 282 g/mol. The molecule has 1 atom stereocenters. The molecule has 1 aromatic rings. The second-order valence-corrected chi connectivity index (χ2v) is 6.75. The number of hydrogen-bond donors (Lipinski definition) is 1. The molecule has 1 N–H and O–H groups in total. The van der Waals surface area contributed by atoms with Crippen molar-refractivity contribution in [3.05, 3.63) is 17.5 Å². The van der Waals surface area contributed by atoms with Gasteiger partial charge < -0.3 is 14.6 Å². The Kier molecular flexibility index (Phi) is 4.78. The molecule has 22 heavy (non-hydrogen) atoms. The van der Waals surface area contributed by atoms with Gasteiger partial charge >= 0.3 is 0 Å². The number of amides is 1. The van der Waals surface area contributed by atoms with E-state index in [1.165, 1.54) is 0 Å². The SMILES string of the molecule is CC(C)CN1CCOC(CNC(=O)c2cc(C3CC3)on2)C1. The fraction of sp³-hybridized carbons (Fsp3) is 0.750. The minimum absolute atomic E-state index is 0.0475. The molecule has 1 saturated heterocycles. The third-order valence-corrected chi connectivity index (χ3v) is 4.08. The molecule has 0 spiro atoms. The first-order valence-electron chi connectivity index (χ1n) is 8.20. The van der Waals surface area contributed by atoms with Gasteiger partial charge in [-0.05, 0) is 18.8 Å². The third kappa shape index (κ3) is 4.08. The van der Waals surface area contributed by atoms with Gasteiger partial charge in [-0.1, -0.05) is 19.0 Å². The molecule has 1 aliphatic carbocycles. The van der Waals surface area contributed by atoms with Crippen LogP contribution < -0.4 is 5.32 Å². The van der Waals surface area contributed by atoms with Crippen molar-refractivity contribution in [3.63, 3.8) is 0 Å². The van der Waals surface area contributed by atoms with Crippen molar-refractivity contribution in [1.82, 2.24) is 15.4 Å². The Bertz CT molecular complexity index is 510. The zero-order valence-corrected chi connectivity index (χ0v) is 13.4. The minimum atomic E-state index is -0.180. The van der Waals surface area contributed by atoms with Gasteiger partial charge in [0.15, 0.2) is 5.69 Å². The lowest BCUT2D eigenvalue weighted by Crippen LogP contribution is -2.48. The first-order chi connectivity index (χ1) is 10.6. The zero-order valence-electron chi connectivity index (χ0n) is 13.4. The van der Waals surface area contributed by atoms with Crippen LogP contribution in [-0.2, 0) is 4.74 Å². The molecule has 0 radical (unpaired) electrons. The van der Waals surface area contributed by atoms with Crippen LogP contribution in [0.4, 0.5) is 0 Å². The molecule has 0 bridgehead atoms. The summed E-state index contributed by atoms with van der Waals surface area (Å²) in [6.45, 7) is 8.58. The molecule has 1 aromatic heterocycles. The Morgan fingerprint density at radius 3 is 3.05 bits per heavy atom. The molecule has 1 aliphatic heterocycles. The molecule has 0 aromatic carbocycles. The summed E-state index contributed by atoms with van der Waals surface area (Å²) in [6, 6.07) is 1.76. The molecule has 1 amide bonds. The summed E-state index contributed by atoms with van der Waals surface area (Å²) in [4.78, 5) is 14.5. The highest BCUT2D eigenvalue weighted by molar-refractivity contribution is 5.92. The van der Waals surface area contributed by atoms with Gasteiger partial charge in [0, 0.05) is 38.2 Å². The monoisotopic (exact) mass is 307 g/mol. The Morgan fingerprint density at radius 2 is 2.32 bits per heavy atom. The second kappa shape index (κ2) is 6.79. The van der Waals surface area contributed by atoms with Gasteiger partial charge in [0.05, 0.1) is 12.7 Å². The highest BCUT2D eigenvalue weighted by Gasteiger charge is 2.29. The van der Waals surface area contributed by atoms with Gasteiger partial charge in [0.1, 0.15) is 5.76 Å². The summed E-state index contributed by atoms with van der Waals surface area (Å²) in [6.07, 6.45) is 2.32. The van der Waals surface area contributed by atoms with Crippen molar-refractivity contribution in [1.29, 1.82) is 0 Å². The van der Waals surface area contributed by atoms with Crippen LogP contribution in [0.25, 0.3) is 0 Å². The van der Waals surface area contributed by atoms with Crippen molar-refractivity contribution >= 4 is 5.91 Å². The van der Waals surface area contributed by atoms with Crippen molar-refractivity contribution in [2.24, 2.45) is 5.92 Å². The smallest absolute Gasteiger partial charge is 0.273 e. The summed E-state index contributed by atoms with van der Waals surface area (Å²) in [5.41, 5.74) is 0.372. The van der Waals surface area contributed by atoms with E-state index in [2.05, 4.69) is 29.2 Å². The third-order valence-electron chi connectivity index (χ3n) is 4.08. The number of morpholine rings is 1. The van der Waals surface area contributed by atoms with Crippen molar-refractivity contribution < 1.29 is 14.1 Å². The molecule has 2 heterocycles. The van der Waals surface area contributed by atoms with Gasteiger partial charge in [-0.25, -0.2) is 0 Å². The van der Waals surface area contributed by atoms with E-state index < -0.39 is 0 Å². The number of carbonyl (C=O) groups excluding carboxylic acids is 1. The van der Waals surface area contributed by atoms with Crippen LogP contribution in [0.3, 0.4) is 0 Å². The van der Waals surface area contributed by atoms with Crippen LogP contribution in [0.15, 0.2) is 10.6 Å². The Morgan fingerprint density at radius 1 is 1.50 bits per heavy atom. The predicted octanol–water partition coefficient (Wildman–Crippen LogP) is 1.64. The lowest BCUT2D eigenvalue weighted by molar-refractivity contribution is -0.0296. The highest BCUT2D eigenvalue weighted by Crippen LogP contribution is 2.40. The van der Waals surface area contributed by atoms with E-state index >= 15 is 0 Å². The maximum atomic E-state index is 12.1. The molecule has 1 unspecified atom stereocenters. The first kappa shape index (κ1) is 15.5. The average molecular weight is 307 g/mol. The summed E-state index contributed by atoms with van der Waals surface area (Å²) in [5.74, 6) is 1.77. The molecule has 1 saturated carbocycles. The summed E-state index contributed by atoms with van der Waals surface area (Å²) < 4.78 is 10.9. The highest BCUT2D eigenvalue weighted by atomic mass is 16.5. The van der Waals surface area contributed by atoms with E-state index in [0.29, 0.717) is 24.1 Å². The van der Waals surface area contributed by atoms with Crippen LogP contribution in [0.5, 0.6) is 0 Å². The van der Waals surface area contributed by atoms with Gasteiger partial charge in [-0.2, -0.15) is 0 Å². The number of nitrogens with zero attached hydrogens (tertiary/aromatic N) is 2. The van der Waals surface area contributed by atoms with E-state index in [9.17, 15) is 4.79 Å². The fourth-order valence-electron chi connectivity index (χ4n) is 2.84. The van der Waals surface area contributed by atoms with E-state index in [1.807, 2.05) is 0 Å². The number of carbonyl (C=O) groups is 1. The summed E-state index contributed by atoms with van der Waals surface area (Å²) >= 11 is 0. The quantitative estimate of drug-likeness (QED) is 0.865. The van der Waals surface area contributed by atoms with Gasteiger partial charge in [0.25, 0.3) is 5.91 Å². The first-order valence-corrected chi connectivity index (χ1v) is 8.20. The van der Waals surface area contributed by atoms with Crippen molar-refractivity contribution in [3.8, 4) is 0 Å². The van der Waals surface area contributed by atoms with Crippen LogP contribution in [-0.4, -0.2) is 54.9 Å².